The highest BCUT2D eigenvalue weighted by atomic mass is 19.1. The van der Waals surface area contributed by atoms with Crippen molar-refractivity contribution < 1.29 is 13.9 Å². The second-order valence-corrected chi connectivity index (χ2v) is 6.73. The number of carbonyl (C=O) groups excluding carboxylic acids is 1. The van der Waals surface area contributed by atoms with Crippen LogP contribution in [-0.4, -0.2) is 58.8 Å². The first kappa shape index (κ1) is 19.6. The van der Waals surface area contributed by atoms with E-state index in [4.69, 9.17) is 4.74 Å². The molecule has 0 radical (unpaired) electrons. The van der Waals surface area contributed by atoms with Crippen LogP contribution in [0.4, 0.5) is 21.7 Å². The molecule has 0 bridgehead atoms. The molecule has 1 aliphatic rings. The average Bonchev–Trinajstić information content (AvgIpc) is 2.80. The minimum Gasteiger partial charge on any atom is -0.481 e. The molecule has 2 aromatic heterocycles. The number of hydrogen-bond acceptors (Lipinski definition) is 7. The normalized spacial score (nSPS) is 13.8. The van der Waals surface area contributed by atoms with Crippen molar-refractivity contribution in [2.75, 3.05) is 43.0 Å². The van der Waals surface area contributed by atoms with Crippen LogP contribution >= 0.6 is 0 Å². The summed E-state index contributed by atoms with van der Waals surface area (Å²) in [6.07, 6.45) is 3.41. The van der Waals surface area contributed by atoms with Crippen LogP contribution in [-0.2, 0) is 4.79 Å². The lowest BCUT2D eigenvalue weighted by Crippen LogP contribution is -2.50. The molecular formula is C21H21FN6O2. The summed E-state index contributed by atoms with van der Waals surface area (Å²) in [6.45, 7) is 2.16. The van der Waals surface area contributed by atoms with Gasteiger partial charge in [0.15, 0.2) is 29.8 Å². The first-order chi connectivity index (χ1) is 14.7. The van der Waals surface area contributed by atoms with Gasteiger partial charge in [-0.3, -0.25) is 9.78 Å². The smallest absolute Gasteiger partial charge is 0.260 e. The van der Waals surface area contributed by atoms with Crippen molar-refractivity contribution >= 4 is 23.2 Å². The quantitative estimate of drug-likeness (QED) is 0.671. The third kappa shape index (κ3) is 4.80. The molecule has 0 unspecified atom stereocenters. The first-order valence-electron chi connectivity index (χ1n) is 9.60. The van der Waals surface area contributed by atoms with Gasteiger partial charge < -0.3 is 19.9 Å². The van der Waals surface area contributed by atoms with E-state index >= 15 is 0 Å². The van der Waals surface area contributed by atoms with Crippen LogP contribution in [0.5, 0.6) is 5.75 Å². The number of nitrogens with zero attached hydrogens (tertiary/aromatic N) is 5. The highest BCUT2D eigenvalue weighted by Crippen LogP contribution is 2.18. The molecule has 30 heavy (non-hydrogen) atoms. The van der Waals surface area contributed by atoms with Gasteiger partial charge in [0.25, 0.3) is 5.91 Å². The Kier molecular flexibility index (Phi) is 5.98. The van der Waals surface area contributed by atoms with Crippen molar-refractivity contribution in [3.8, 4) is 5.75 Å². The molecule has 0 spiro atoms. The van der Waals surface area contributed by atoms with Gasteiger partial charge in [-0.05, 0) is 36.4 Å². The van der Waals surface area contributed by atoms with Crippen molar-refractivity contribution in [1.82, 2.24) is 20.1 Å². The van der Waals surface area contributed by atoms with Gasteiger partial charge in [0.2, 0.25) is 0 Å². The number of rotatable bonds is 6. The number of para-hydroxylation sites is 1. The number of halogens is 1. The molecule has 1 aromatic carbocycles. The zero-order valence-electron chi connectivity index (χ0n) is 16.2. The van der Waals surface area contributed by atoms with Crippen LogP contribution in [0.2, 0.25) is 0 Å². The fraction of sp³-hybridized carbons (Fsp3) is 0.238. The van der Waals surface area contributed by atoms with Gasteiger partial charge in [0.05, 0.1) is 11.9 Å². The van der Waals surface area contributed by atoms with Gasteiger partial charge in [-0.2, -0.15) is 0 Å². The summed E-state index contributed by atoms with van der Waals surface area (Å²) in [5.41, 5.74) is 0.837. The molecule has 154 valence electrons. The molecule has 8 nitrogen and oxygen atoms in total. The summed E-state index contributed by atoms with van der Waals surface area (Å²) in [5, 5.41) is 11.6. The molecule has 0 aliphatic carbocycles. The maximum Gasteiger partial charge on any atom is 0.260 e. The summed E-state index contributed by atoms with van der Waals surface area (Å²) < 4.78 is 18.9. The second-order valence-electron chi connectivity index (χ2n) is 6.73. The molecule has 1 saturated heterocycles. The van der Waals surface area contributed by atoms with Gasteiger partial charge in [0, 0.05) is 32.4 Å². The van der Waals surface area contributed by atoms with Gasteiger partial charge >= 0.3 is 0 Å². The predicted octanol–water partition coefficient (Wildman–Crippen LogP) is 2.48. The Labute approximate surface area is 173 Å². The molecule has 0 saturated carbocycles. The van der Waals surface area contributed by atoms with Gasteiger partial charge in [-0.15, -0.1) is 10.2 Å². The van der Waals surface area contributed by atoms with E-state index in [0.29, 0.717) is 32.0 Å². The van der Waals surface area contributed by atoms with E-state index in [1.54, 1.807) is 29.4 Å². The van der Waals surface area contributed by atoms with Crippen molar-refractivity contribution in [3.63, 3.8) is 0 Å². The van der Waals surface area contributed by atoms with Crippen LogP contribution in [0, 0.1) is 5.82 Å². The lowest BCUT2D eigenvalue weighted by atomic mass is 10.3. The van der Waals surface area contributed by atoms with Gasteiger partial charge in [-0.25, -0.2) is 4.39 Å². The molecule has 1 amide bonds. The number of piperazine rings is 1. The maximum absolute atomic E-state index is 13.6. The van der Waals surface area contributed by atoms with Crippen LogP contribution in [0.25, 0.3) is 0 Å². The summed E-state index contributed by atoms with van der Waals surface area (Å²) in [4.78, 5) is 20.2. The number of benzene rings is 1. The average molecular weight is 408 g/mol. The third-order valence-corrected chi connectivity index (χ3v) is 4.73. The number of amides is 1. The van der Waals surface area contributed by atoms with E-state index in [2.05, 4.69) is 25.4 Å². The fourth-order valence-electron chi connectivity index (χ4n) is 3.12. The summed E-state index contributed by atoms with van der Waals surface area (Å²) in [6, 6.07) is 13.5. The van der Waals surface area contributed by atoms with Crippen molar-refractivity contribution in [2.24, 2.45) is 0 Å². The van der Waals surface area contributed by atoms with Gasteiger partial charge in [-0.1, -0.05) is 12.1 Å². The zero-order valence-corrected chi connectivity index (χ0v) is 16.2. The maximum atomic E-state index is 13.6. The Hall–Kier alpha value is -3.75. The molecule has 9 heteroatoms. The van der Waals surface area contributed by atoms with Crippen molar-refractivity contribution in [3.05, 3.63) is 66.7 Å². The number of anilines is 3. The number of hydrogen-bond donors (Lipinski definition) is 1. The lowest BCUT2D eigenvalue weighted by Gasteiger charge is -2.35. The minimum absolute atomic E-state index is 0.0831. The lowest BCUT2D eigenvalue weighted by molar-refractivity contribution is -0.133. The second kappa shape index (κ2) is 9.17. The SMILES string of the molecule is O=C(COc1ccccc1F)N1CCN(c2ccc(Nc3cccnc3)nn2)CC1. The van der Waals surface area contributed by atoms with Crippen molar-refractivity contribution in [1.29, 1.82) is 0 Å². The minimum atomic E-state index is -0.477. The Morgan fingerprint density at radius 1 is 1.03 bits per heavy atom. The Morgan fingerprint density at radius 3 is 2.57 bits per heavy atom. The van der Waals surface area contributed by atoms with Crippen LogP contribution < -0.4 is 15.0 Å². The third-order valence-electron chi connectivity index (χ3n) is 4.73. The van der Waals surface area contributed by atoms with E-state index in [1.165, 1.54) is 12.1 Å². The van der Waals surface area contributed by atoms with Crippen molar-refractivity contribution in [2.45, 2.75) is 0 Å². The molecule has 0 atom stereocenters. The zero-order chi connectivity index (χ0) is 20.8. The summed E-state index contributed by atoms with van der Waals surface area (Å²) >= 11 is 0. The number of carbonyl (C=O) groups is 1. The van der Waals surface area contributed by atoms with E-state index in [1.807, 2.05) is 24.3 Å². The van der Waals surface area contributed by atoms with E-state index in [9.17, 15) is 9.18 Å². The molecule has 1 aliphatic heterocycles. The molecule has 1 N–H and O–H groups in total. The van der Waals surface area contributed by atoms with Crippen LogP contribution in [0.3, 0.4) is 0 Å². The highest BCUT2D eigenvalue weighted by Gasteiger charge is 2.22. The molecule has 3 heterocycles. The molecule has 3 aromatic rings. The monoisotopic (exact) mass is 408 g/mol. The summed E-state index contributed by atoms with van der Waals surface area (Å²) in [5.74, 6) is 0.821. The highest BCUT2D eigenvalue weighted by molar-refractivity contribution is 5.78. The number of pyridine rings is 1. The fourth-order valence-corrected chi connectivity index (χ4v) is 3.12. The largest absolute Gasteiger partial charge is 0.481 e. The van der Waals surface area contributed by atoms with E-state index in [-0.39, 0.29) is 18.3 Å². The van der Waals surface area contributed by atoms with Gasteiger partial charge in [0.1, 0.15) is 0 Å². The molecule has 1 fully saturated rings. The number of ether oxygens (including phenoxy) is 1. The number of aromatic nitrogens is 3. The predicted molar refractivity (Wildman–Crippen MR) is 110 cm³/mol. The topological polar surface area (TPSA) is 83.5 Å². The Bertz CT molecular complexity index is 978. The molecule has 4 rings (SSSR count). The van der Waals surface area contributed by atoms with Crippen LogP contribution in [0.15, 0.2) is 60.9 Å². The van der Waals surface area contributed by atoms with E-state index < -0.39 is 5.82 Å². The summed E-state index contributed by atoms with van der Waals surface area (Å²) in [7, 11) is 0. The van der Waals surface area contributed by atoms with Crippen LogP contribution in [0.1, 0.15) is 0 Å². The Morgan fingerprint density at radius 2 is 1.87 bits per heavy atom. The number of nitrogens with one attached hydrogen (secondary N) is 1. The Balaban J connectivity index is 1.27. The van der Waals surface area contributed by atoms with E-state index in [0.717, 1.165) is 11.5 Å². The standard InChI is InChI=1S/C21H21FN6O2/c22-17-5-1-2-6-18(17)30-15-21(29)28-12-10-27(11-13-28)20-8-7-19(25-26-20)24-16-4-3-9-23-14-16/h1-9,14H,10-13,15H2,(H,24,25). The first-order valence-corrected chi connectivity index (χ1v) is 9.60. The molecular weight excluding hydrogens is 387 g/mol.